The molecule has 0 aliphatic rings. The molecule has 0 saturated heterocycles. The molecule has 8 heteroatoms. The lowest BCUT2D eigenvalue weighted by Gasteiger charge is -1.97. The quantitative estimate of drug-likeness (QED) is 0.617. The fourth-order valence-corrected chi connectivity index (χ4v) is 0.607. The molecule has 4 nitrogen and oxygen atoms in total. The Bertz CT molecular complexity index is 402. The minimum Gasteiger partial charge on any atom is -0.279 e. The van der Waals surface area contributed by atoms with Gasteiger partial charge in [-0.25, -0.2) is 0 Å². The van der Waals surface area contributed by atoms with Gasteiger partial charge in [0.2, 0.25) is 0 Å². The van der Waals surface area contributed by atoms with Gasteiger partial charge in [0.15, 0.2) is 0 Å². The van der Waals surface area contributed by atoms with Gasteiger partial charge in [0, 0.05) is 11.9 Å². The van der Waals surface area contributed by atoms with Gasteiger partial charge in [-0.15, -0.1) is 0 Å². The molecule has 0 amide bonds. The summed E-state index contributed by atoms with van der Waals surface area (Å²) in [5, 5.41) is 0. The van der Waals surface area contributed by atoms with E-state index in [0.717, 1.165) is 12.1 Å². The predicted molar refractivity (Wildman–Crippen MR) is 51.2 cm³/mol. The van der Waals surface area contributed by atoms with E-state index in [9.17, 15) is 13.2 Å². The summed E-state index contributed by atoms with van der Waals surface area (Å²) < 4.78 is 57.5. The molecule has 0 radical (unpaired) electrons. The van der Waals surface area contributed by atoms with Gasteiger partial charge in [0.1, 0.15) is 0 Å². The number of halogens is 3. The second kappa shape index (κ2) is 5.80. The monoisotopic (exact) mass is 257 g/mol. The molecule has 0 bridgehead atoms. The molecule has 16 heavy (non-hydrogen) atoms. The zero-order valence-corrected chi connectivity index (χ0v) is 9.09. The Morgan fingerprint density at radius 1 is 1.38 bits per heavy atom. The predicted octanol–water partition coefficient (Wildman–Crippen LogP) is 2.04. The zero-order valence-electron chi connectivity index (χ0n) is 8.27. The van der Waals surface area contributed by atoms with E-state index in [2.05, 4.69) is 11.9 Å². The van der Waals surface area contributed by atoms with Crippen molar-refractivity contribution in [3.05, 3.63) is 30.1 Å². The first-order chi connectivity index (χ1) is 7.18. The Labute approximate surface area is 90.9 Å². The van der Waals surface area contributed by atoms with Crippen LogP contribution in [-0.2, 0) is 16.5 Å². The summed E-state index contributed by atoms with van der Waals surface area (Å²) in [5.41, 5.74) is -4.37. The molecule has 1 aromatic heterocycles. The van der Waals surface area contributed by atoms with Gasteiger partial charge in [0.25, 0.3) is 0 Å². The van der Waals surface area contributed by atoms with Crippen LogP contribution in [0.4, 0.5) is 13.2 Å². The van der Waals surface area contributed by atoms with Crippen molar-refractivity contribution in [2.45, 2.75) is 18.9 Å². The molecule has 1 heterocycles. The molecule has 1 aromatic rings. The van der Waals surface area contributed by atoms with E-state index in [1.807, 2.05) is 24.4 Å². The summed E-state index contributed by atoms with van der Waals surface area (Å²) in [6.07, 6.45) is 2.85. The summed E-state index contributed by atoms with van der Waals surface area (Å²) in [6, 6.07) is 5.96. The first-order valence-electron chi connectivity index (χ1n) is 4.12. The van der Waals surface area contributed by atoms with E-state index in [1.54, 1.807) is 0 Å². The van der Waals surface area contributed by atoms with E-state index in [0.29, 0.717) is 0 Å². The van der Waals surface area contributed by atoms with Gasteiger partial charge in [-0.2, -0.15) is 21.6 Å². The van der Waals surface area contributed by atoms with Crippen molar-refractivity contribution < 1.29 is 26.1 Å². The van der Waals surface area contributed by atoms with E-state index in [1.165, 1.54) is 0 Å². The highest BCUT2D eigenvalue weighted by molar-refractivity contribution is 7.86. The van der Waals surface area contributed by atoms with Crippen LogP contribution in [0.15, 0.2) is 24.4 Å². The average Bonchev–Trinajstić information content (AvgIpc) is 2.17. The fourth-order valence-electron chi connectivity index (χ4n) is 0.607. The highest BCUT2D eigenvalue weighted by Crippen LogP contribution is 2.20. The number of nitrogens with zero attached hydrogens (tertiary/aromatic N) is 1. The molecule has 1 N–H and O–H groups in total. The van der Waals surface area contributed by atoms with Crippen molar-refractivity contribution in [1.82, 2.24) is 4.98 Å². The van der Waals surface area contributed by atoms with Crippen LogP contribution in [0.5, 0.6) is 0 Å². The van der Waals surface area contributed by atoms with E-state index in [-0.39, 0.29) is 0 Å². The standard InChI is InChI=1S/C7H9N.CHF3O3S/c1-2-7-5-3-4-6-8-7;2-1(3,4)8(5,6)7/h3-6H,2H2,1H3;(H,5,6,7). The third-order valence-corrected chi connectivity index (χ3v) is 1.97. The summed E-state index contributed by atoms with van der Waals surface area (Å²) in [7, 11) is -5.84. The maximum Gasteiger partial charge on any atom is 0.522 e. The van der Waals surface area contributed by atoms with Crippen LogP contribution in [0, 0.1) is 0 Å². The van der Waals surface area contributed by atoms with E-state index >= 15 is 0 Å². The third-order valence-electron chi connectivity index (χ3n) is 1.38. The first kappa shape index (κ1) is 14.8. The van der Waals surface area contributed by atoms with Crippen LogP contribution in [0.1, 0.15) is 12.6 Å². The number of alkyl halides is 3. The molecule has 0 spiro atoms. The van der Waals surface area contributed by atoms with Crippen molar-refractivity contribution in [2.75, 3.05) is 0 Å². The molecule has 0 aliphatic heterocycles. The molecular formula is C8H10F3NO3S. The maximum atomic E-state index is 10.7. The lowest BCUT2D eigenvalue weighted by atomic mass is 10.3. The highest BCUT2D eigenvalue weighted by atomic mass is 32.2. The molecular weight excluding hydrogens is 247 g/mol. The number of aryl methyl sites for hydroxylation is 1. The Morgan fingerprint density at radius 2 is 1.88 bits per heavy atom. The molecule has 0 atom stereocenters. The summed E-state index contributed by atoms with van der Waals surface area (Å²) in [6.45, 7) is 2.10. The molecule has 0 fully saturated rings. The Kier molecular flexibility index (Phi) is 5.39. The van der Waals surface area contributed by atoms with Crippen molar-refractivity contribution in [1.29, 1.82) is 0 Å². The molecule has 0 unspecified atom stereocenters. The van der Waals surface area contributed by atoms with Crippen LogP contribution in [0.25, 0.3) is 0 Å². The first-order valence-corrected chi connectivity index (χ1v) is 5.56. The van der Waals surface area contributed by atoms with Crippen LogP contribution in [0.3, 0.4) is 0 Å². The smallest absolute Gasteiger partial charge is 0.279 e. The van der Waals surface area contributed by atoms with Gasteiger partial charge in [0.05, 0.1) is 0 Å². The van der Waals surface area contributed by atoms with Gasteiger partial charge in [-0.1, -0.05) is 13.0 Å². The largest absolute Gasteiger partial charge is 0.522 e. The normalized spacial score (nSPS) is 11.6. The van der Waals surface area contributed by atoms with Crippen molar-refractivity contribution in [3.63, 3.8) is 0 Å². The second-order valence-corrected chi connectivity index (χ2v) is 4.01. The topological polar surface area (TPSA) is 67.3 Å². The number of hydrogen-bond donors (Lipinski definition) is 1. The van der Waals surface area contributed by atoms with Crippen LogP contribution in [0.2, 0.25) is 0 Å². The minimum absolute atomic E-state index is 1.03. The lowest BCUT2D eigenvalue weighted by molar-refractivity contribution is -0.0510. The molecule has 0 saturated carbocycles. The van der Waals surface area contributed by atoms with Gasteiger partial charge in [-0.3, -0.25) is 9.54 Å². The SMILES string of the molecule is CCc1ccccn1.O=S(=O)(O)C(F)(F)F. The second-order valence-electron chi connectivity index (χ2n) is 2.60. The Hall–Kier alpha value is -1.15. The van der Waals surface area contributed by atoms with E-state index < -0.39 is 15.6 Å². The Balaban J connectivity index is 0.000000281. The van der Waals surface area contributed by atoms with Crippen LogP contribution >= 0.6 is 0 Å². The highest BCUT2D eigenvalue weighted by Gasteiger charge is 2.44. The molecule has 0 aromatic carbocycles. The van der Waals surface area contributed by atoms with Crippen molar-refractivity contribution in [3.8, 4) is 0 Å². The molecule has 0 aliphatic carbocycles. The average molecular weight is 257 g/mol. The number of rotatable bonds is 1. The van der Waals surface area contributed by atoms with Gasteiger partial charge < -0.3 is 0 Å². The minimum atomic E-state index is -5.84. The summed E-state index contributed by atoms with van der Waals surface area (Å²) >= 11 is 0. The van der Waals surface area contributed by atoms with Crippen molar-refractivity contribution >= 4 is 10.1 Å². The van der Waals surface area contributed by atoms with Crippen LogP contribution in [-0.4, -0.2) is 23.5 Å². The number of hydrogen-bond acceptors (Lipinski definition) is 3. The maximum absolute atomic E-state index is 10.7. The van der Waals surface area contributed by atoms with Gasteiger partial charge in [-0.05, 0) is 18.6 Å². The Morgan fingerprint density at radius 3 is 2.06 bits per heavy atom. The summed E-state index contributed by atoms with van der Waals surface area (Å²) in [4.78, 5) is 4.10. The lowest BCUT2D eigenvalue weighted by Crippen LogP contribution is -2.21. The molecule has 92 valence electrons. The molecule has 1 rings (SSSR count). The fraction of sp³-hybridized carbons (Fsp3) is 0.375. The van der Waals surface area contributed by atoms with Crippen LogP contribution < -0.4 is 0 Å². The van der Waals surface area contributed by atoms with Gasteiger partial charge >= 0.3 is 15.6 Å². The number of pyridine rings is 1. The number of aromatic nitrogens is 1. The third kappa shape index (κ3) is 5.66. The zero-order chi connectivity index (χ0) is 12.8. The van der Waals surface area contributed by atoms with E-state index in [4.69, 9.17) is 13.0 Å². The summed E-state index contributed by atoms with van der Waals surface area (Å²) in [5.74, 6) is 0. The van der Waals surface area contributed by atoms with Crippen molar-refractivity contribution in [2.24, 2.45) is 0 Å².